The minimum Gasteiger partial charge on any atom is -0.369 e. The predicted molar refractivity (Wildman–Crippen MR) is 75.3 cm³/mol. The quantitative estimate of drug-likeness (QED) is 0.876. The van der Waals surface area contributed by atoms with Crippen molar-refractivity contribution in [2.75, 3.05) is 5.73 Å². The summed E-state index contributed by atoms with van der Waals surface area (Å²) in [5.41, 5.74) is 8.64. The van der Waals surface area contributed by atoms with E-state index in [1.54, 1.807) is 0 Å². The van der Waals surface area contributed by atoms with Gasteiger partial charge < -0.3 is 10.3 Å². The fourth-order valence-electron chi connectivity index (χ4n) is 3.21. The number of benzene rings is 1. The van der Waals surface area contributed by atoms with E-state index in [-0.39, 0.29) is 0 Å². The Hall–Kier alpha value is -1.51. The van der Waals surface area contributed by atoms with Crippen LogP contribution >= 0.6 is 0 Å². The molecule has 1 aromatic carbocycles. The molecule has 1 aromatic heterocycles. The lowest BCUT2D eigenvalue weighted by Gasteiger charge is -2.34. The fourth-order valence-corrected chi connectivity index (χ4v) is 3.21. The van der Waals surface area contributed by atoms with Gasteiger partial charge in [-0.05, 0) is 30.4 Å². The maximum absolute atomic E-state index is 6.08. The normalized spacial score (nSPS) is 19.2. The highest BCUT2D eigenvalue weighted by atomic mass is 15.2. The summed E-state index contributed by atoms with van der Waals surface area (Å²) in [5.74, 6) is 0.656. The van der Waals surface area contributed by atoms with Crippen LogP contribution in [-0.4, -0.2) is 9.55 Å². The van der Waals surface area contributed by atoms with Crippen LogP contribution in [0.2, 0.25) is 0 Å². The van der Waals surface area contributed by atoms with Crippen LogP contribution in [0.1, 0.15) is 39.0 Å². The van der Waals surface area contributed by atoms with Gasteiger partial charge in [-0.2, -0.15) is 0 Å². The van der Waals surface area contributed by atoms with Gasteiger partial charge >= 0.3 is 0 Å². The van der Waals surface area contributed by atoms with Gasteiger partial charge in [-0.3, -0.25) is 0 Å². The molecule has 3 heteroatoms. The van der Waals surface area contributed by atoms with Crippen LogP contribution < -0.4 is 5.73 Å². The molecule has 0 bridgehead atoms. The summed E-state index contributed by atoms with van der Waals surface area (Å²) < 4.78 is 2.20. The standard InChI is InChI=1S/C15H21N3/c1-15(9-5-2-6-10-15)11-18-13-8-4-3-7-12(13)17-14(18)16/h3-4,7-8H,2,5-6,9-11H2,1H3,(H2,16,17). The molecular weight excluding hydrogens is 222 g/mol. The average Bonchev–Trinajstić information content (AvgIpc) is 2.67. The highest BCUT2D eigenvalue weighted by Gasteiger charge is 2.28. The van der Waals surface area contributed by atoms with Crippen molar-refractivity contribution in [2.45, 2.75) is 45.6 Å². The third-order valence-electron chi connectivity index (χ3n) is 4.28. The van der Waals surface area contributed by atoms with Gasteiger partial charge in [0.05, 0.1) is 11.0 Å². The van der Waals surface area contributed by atoms with Crippen LogP contribution in [0.4, 0.5) is 5.95 Å². The third-order valence-corrected chi connectivity index (χ3v) is 4.28. The summed E-state index contributed by atoms with van der Waals surface area (Å²) in [7, 11) is 0. The Bertz CT molecular complexity index is 550. The third kappa shape index (κ3) is 1.98. The lowest BCUT2D eigenvalue weighted by Crippen LogP contribution is -2.26. The largest absolute Gasteiger partial charge is 0.369 e. The predicted octanol–water partition coefficient (Wildman–Crippen LogP) is 3.59. The van der Waals surface area contributed by atoms with Gasteiger partial charge in [-0.15, -0.1) is 0 Å². The van der Waals surface area contributed by atoms with Gasteiger partial charge in [0, 0.05) is 6.54 Å². The summed E-state index contributed by atoms with van der Waals surface area (Å²) >= 11 is 0. The Labute approximate surface area is 108 Å². The molecule has 2 aromatic rings. The van der Waals surface area contributed by atoms with Crippen LogP contribution in [0.25, 0.3) is 11.0 Å². The summed E-state index contributed by atoms with van der Waals surface area (Å²) in [4.78, 5) is 4.45. The second-order valence-corrected chi connectivity index (χ2v) is 5.92. The van der Waals surface area contributed by atoms with E-state index in [0.717, 1.165) is 12.1 Å². The highest BCUT2D eigenvalue weighted by molar-refractivity contribution is 5.78. The number of nitrogen functional groups attached to an aromatic ring is 1. The first-order valence-electron chi connectivity index (χ1n) is 6.89. The van der Waals surface area contributed by atoms with E-state index in [4.69, 9.17) is 5.73 Å². The molecule has 18 heavy (non-hydrogen) atoms. The van der Waals surface area contributed by atoms with E-state index in [2.05, 4.69) is 28.6 Å². The van der Waals surface area contributed by atoms with Gasteiger partial charge in [0.25, 0.3) is 0 Å². The number of fused-ring (bicyclic) bond motifs is 1. The van der Waals surface area contributed by atoms with Gasteiger partial charge in [-0.1, -0.05) is 38.3 Å². The number of nitrogens with zero attached hydrogens (tertiary/aromatic N) is 2. The van der Waals surface area contributed by atoms with Crippen molar-refractivity contribution in [1.29, 1.82) is 0 Å². The van der Waals surface area contributed by atoms with Gasteiger partial charge in [0.1, 0.15) is 0 Å². The first kappa shape index (κ1) is 11.6. The number of imidazole rings is 1. The van der Waals surface area contributed by atoms with Crippen LogP contribution in [0.5, 0.6) is 0 Å². The molecule has 0 amide bonds. The van der Waals surface area contributed by atoms with Crippen molar-refractivity contribution in [3.63, 3.8) is 0 Å². The van der Waals surface area contributed by atoms with E-state index in [9.17, 15) is 0 Å². The van der Waals surface area contributed by atoms with Gasteiger partial charge in [0.2, 0.25) is 5.95 Å². The fraction of sp³-hybridized carbons (Fsp3) is 0.533. The number of hydrogen-bond donors (Lipinski definition) is 1. The number of hydrogen-bond acceptors (Lipinski definition) is 2. The van der Waals surface area contributed by atoms with Crippen molar-refractivity contribution in [1.82, 2.24) is 9.55 Å². The zero-order valence-corrected chi connectivity index (χ0v) is 11.0. The van der Waals surface area contributed by atoms with Crippen LogP contribution in [-0.2, 0) is 6.54 Å². The molecular formula is C15H21N3. The number of nitrogens with two attached hydrogens (primary N) is 1. The molecule has 0 aliphatic heterocycles. The lowest BCUT2D eigenvalue weighted by atomic mass is 9.75. The Morgan fingerprint density at radius 1 is 1.22 bits per heavy atom. The Morgan fingerprint density at radius 2 is 1.94 bits per heavy atom. The molecule has 1 saturated carbocycles. The molecule has 1 aliphatic carbocycles. The van der Waals surface area contributed by atoms with Gasteiger partial charge in [0.15, 0.2) is 0 Å². The number of para-hydroxylation sites is 2. The van der Waals surface area contributed by atoms with Gasteiger partial charge in [-0.25, -0.2) is 4.98 Å². The molecule has 3 nitrogen and oxygen atoms in total. The van der Waals surface area contributed by atoms with E-state index in [0.29, 0.717) is 11.4 Å². The van der Waals surface area contributed by atoms with Crippen LogP contribution in [0, 0.1) is 5.41 Å². The van der Waals surface area contributed by atoms with Crippen molar-refractivity contribution in [3.05, 3.63) is 24.3 Å². The van der Waals surface area contributed by atoms with Crippen molar-refractivity contribution in [3.8, 4) is 0 Å². The Balaban J connectivity index is 1.96. The molecule has 3 rings (SSSR count). The lowest BCUT2D eigenvalue weighted by molar-refractivity contribution is 0.186. The van der Waals surface area contributed by atoms with E-state index in [1.165, 1.54) is 37.6 Å². The van der Waals surface area contributed by atoms with Crippen LogP contribution in [0.15, 0.2) is 24.3 Å². The highest BCUT2D eigenvalue weighted by Crippen LogP contribution is 2.38. The molecule has 1 heterocycles. The average molecular weight is 243 g/mol. The summed E-state index contributed by atoms with van der Waals surface area (Å²) in [6, 6.07) is 8.22. The maximum Gasteiger partial charge on any atom is 0.201 e. The monoisotopic (exact) mass is 243 g/mol. The summed E-state index contributed by atoms with van der Waals surface area (Å²) in [6.07, 6.45) is 6.69. The van der Waals surface area contributed by atoms with Crippen molar-refractivity contribution < 1.29 is 0 Å². The minimum atomic E-state index is 0.385. The number of anilines is 1. The molecule has 0 radical (unpaired) electrons. The van der Waals surface area contributed by atoms with Crippen molar-refractivity contribution >= 4 is 17.0 Å². The second-order valence-electron chi connectivity index (χ2n) is 5.92. The Kier molecular flexibility index (Phi) is 2.77. The zero-order chi connectivity index (χ0) is 12.6. The molecule has 0 atom stereocenters. The van der Waals surface area contributed by atoms with Crippen LogP contribution in [0.3, 0.4) is 0 Å². The van der Waals surface area contributed by atoms with E-state index >= 15 is 0 Å². The number of rotatable bonds is 2. The molecule has 1 aliphatic rings. The first-order chi connectivity index (χ1) is 8.68. The smallest absolute Gasteiger partial charge is 0.201 e. The minimum absolute atomic E-state index is 0.385. The maximum atomic E-state index is 6.08. The summed E-state index contributed by atoms with van der Waals surface area (Å²) in [5, 5.41) is 0. The van der Waals surface area contributed by atoms with E-state index < -0.39 is 0 Å². The molecule has 96 valence electrons. The number of aromatic nitrogens is 2. The summed E-state index contributed by atoms with van der Waals surface area (Å²) in [6.45, 7) is 3.39. The Morgan fingerprint density at radius 3 is 2.72 bits per heavy atom. The zero-order valence-electron chi connectivity index (χ0n) is 11.0. The molecule has 0 saturated heterocycles. The molecule has 0 unspecified atom stereocenters. The molecule has 1 fully saturated rings. The first-order valence-corrected chi connectivity index (χ1v) is 6.89. The second kappa shape index (κ2) is 4.30. The topological polar surface area (TPSA) is 43.8 Å². The molecule has 2 N–H and O–H groups in total. The molecule has 0 spiro atoms. The SMILES string of the molecule is CC1(Cn2c(N)nc3ccccc32)CCCCC1. The van der Waals surface area contributed by atoms with E-state index in [1.807, 2.05) is 12.1 Å². The van der Waals surface area contributed by atoms with Crippen molar-refractivity contribution in [2.24, 2.45) is 5.41 Å².